The summed E-state index contributed by atoms with van der Waals surface area (Å²) in [5.41, 5.74) is 5.03. The van der Waals surface area contributed by atoms with Gasteiger partial charge in [0.05, 0.1) is 17.3 Å². The number of fused-ring (bicyclic) bond motifs is 2. The molecule has 0 atom stereocenters. The highest BCUT2D eigenvalue weighted by Crippen LogP contribution is 2.29. The van der Waals surface area contributed by atoms with Gasteiger partial charge in [0, 0.05) is 30.2 Å². The maximum atomic E-state index is 12.5. The number of rotatable bonds is 4. The molecule has 2 N–H and O–H groups in total. The lowest BCUT2D eigenvalue weighted by Crippen LogP contribution is -2.23. The molecular weight excluding hydrogens is 364 g/mol. The van der Waals surface area contributed by atoms with Crippen molar-refractivity contribution >= 4 is 39.6 Å². The average molecular weight is 379 g/mol. The molecule has 0 saturated heterocycles. The first kappa shape index (κ1) is 16.0. The zero-order valence-electron chi connectivity index (χ0n) is 14.5. The third kappa shape index (κ3) is 2.76. The highest BCUT2D eigenvalue weighted by atomic mass is 35.5. The minimum atomic E-state index is -0.168. The van der Waals surface area contributed by atoms with E-state index >= 15 is 0 Å². The van der Waals surface area contributed by atoms with Gasteiger partial charge in [0.15, 0.2) is 5.65 Å². The zero-order chi connectivity index (χ0) is 18.5. The van der Waals surface area contributed by atoms with Gasteiger partial charge in [-0.2, -0.15) is 5.10 Å². The summed E-state index contributed by atoms with van der Waals surface area (Å²) in [6.45, 7) is 0.574. The number of nitrogens with zero attached hydrogens (tertiary/aromatic N) is 4. The molecule has 1 aromatic carbocycles. The topological polar surface area (TPSA) is 88.5 Å². The van der Waals surface area contributed by atoms with Gasteiger partial charge in [-0.3, -0.25) is 9.48 Å². The molecule has 8 heteroatoms. The number of H-pyrrole nitrogens is 1. The normalized spacial score (nSPS) is 13.2. The molecular formula is C19H15ClN6O. The minimum Gasteiger partial charge on any atom is -0.348 e. The fourth-order valence-electron chi connectivity index (χ4n) is 3.10. The van der Waals surface area contributed by atoms with Crippen LogP contribution in [0.2, 0.25) is 5.02 Å². The van der Waals surface area contributed by atoms with Crippen molar-refractivity contribution in [3.63, 3.8) is 0 Å². The van der Waals surface area contributed by atoms with E-state index in [-0.39, 0.29) is 5.91 Å². The standard InChI is InChI=1S/C19H15ClN6O/c1-26-15-6-11(20)4-5-12(15)16(25-26)14-9-22-18-17(24-14)13(8-21-18)19(27)23-7-10-2-3-10/h2,4-6,8-9H,3,7H2,1H3,(H,21,22)(H,23,27). The molecule has 0 radical (unpaired) electrons. The molecule has 3 aromatic heterocycles. The van der Waals surface area contributed by atoms with Crippen LogP contribution in [-0.2, 0) is 7.05 Å². The summed E-state index contributed by atoms with van der Waals surface area (Å²) in [5, 5.41) is 9.06. The molecule has 5 rings (SSSR count). The molecule has 7 nitrogen and oxygen atoms in total. The number of aryl methyl sites for hydroxylation is 1. The number of hydrogen-bond acceptors (Lipinski definition) is 4. The Morgan fingerprint density at radius 2 is 2.26 bits per heavy atom. The van der Waals surface area contributed by atoms with Gasteiger partial charge in [0.2, 0.25) is 0 Å². The van der Waals surface area contributed by atoms with Gasteiger partial charge in [-0.25, -0.2) is 9.97 Å². The van der Waals surface area contributed by atoms with Crippen LogP contribution in [0.1, 0.15) is 16.8 Å². The molecule has 1 amide bonds. The van der Waals surface area contributed by atoms with Gasteiger partial charge >= 0.3 is 0 Å². The van der Waals surface area contributed by atoms with E-state index in [0.717, 1.165) is 17.3 Å². The maximum Gasteiger partial charge on any atom is 0.255 e. The molecule has 27 heavy (non-hydrogen) atoms. The van der Waals surface area contributed by atoms with Crippen LogP contribution < -0.4 is 5.32 Å². The summed E-state index contributed by atoms with van der Waals surface area (Å²) in [4.78, 5) is 24.6. The lowest BCUT2D eigenvalue weighted by atomic mass is 10.1. The minimum absolute atomic E-state index is 0.168. The monoisotopic (exact) mass is 378 g/mol. The SMILES string of the molecule is Cn1nc(-c2cnc3[nH]cc(C(=O)NCC4=CC4)c3n2)c2ccc(Cl)cc21. The maximum absolute atomic E-state index is 12.5. The second-order valence-electron chi connectivity index (χ2n) is 6.54. The number of carbonyl (C=O) groups is 1. The molecule has 3 heterocycles. The summed E-state index contributed by atoms with van der Waals surface area (Å²) < 4.78 is 1.76. The first-order valence-corrected chi connectivity index (χ1v) is 8.91. The predicted octanol–water partition coefficient (Wildman–Crippen LogP) is 3.22. The quantitative estimate of drug-likeness (QED) is 0.533. The van der Waals surface area contributed by atoms with Crippen molar-refractivity contribution in [1.29, 1.82) is 0 Å². The van der Waals surface area contributed by atoms with Gasteiger partial charge in [-0.15, -0.1) is 0 Å². The third-order valence-corrected chi connectivity index (χ3v) is 4.89. The lowest BCUT2D eigenvalue weighted by Gasteiger charge is -2.02. The van der Waals surface area contributed by atoms with E-state index in [1.54, 1.807) is 17.1 Å². The second-order valence-corrected chi connectivity index (χ2v) is 6.97. The Balaban J connectivity index is 1.59. The van der Waals surface area contributed by atoms with Gasteiger partial charge < -0.3 is 10.3 Å². The molecule has 4 aromatic rings. The van der Waals surface area contributed by atoms with Crippen LogP contribution in [0.4, 0.5) is 0 Å². The Morgan fingerprint density at radius 3 is 3.07 bits per heavy atom. The number of benzene rings is 1. The van der Waals surface area contributed by atoms with Crippen LogP contribution in [0.3, 0.4) is 0 Å². The van der Waals surface area contributed by atoms with Crippen LogP contribution in [0.25, 0.3) is 33.5 Å². The molecule has 1 aliphatic carbocycles. The molecule has 0 spiro atoms. The van der Waals surface area contributed by atoms with Crippen molar-refractivity contribution in [3.05, 3.63) is 52.8 Å². The van der Waals surface area contributed by atoms with Gasteiger partial charge in [-0.1, -0.05) is 23.3 Å². The Kier molecular flexibility index (Phi) is 3.51. The number of carbonyl (C=O) groups excluding carboxylic acids is 1. The molecule has 0 unspecified atom stereocenters. The predicted molar refractivity (Wildman–Crippen MR) is 104 cm³/mol. The molecule has 0 bridgehead atoms. The molecule has 134 valence electrons. The number of hydrogen-bond donors (Lipinski definition) is 2. The summed E-state index contributed by atoms with van der Waals surface area (Å²) in [7, 11) is 1.86. The summed E-state index contributed by atoms with van der Waals surface area (Å²) in [6.07, 6.45) is 6.37. The van der Waals surface area contributed by atoms with Crippen LogP contribution in [0.15, 0.2) is 42.2 Å². The van der Waals surface area contributed by atoms with E-state index in [4.69, 9.17) is 11.6 Å². The van der Waals surface area contributed by atoms with Crippen LogP contribution in [0.5, 0.6) is 0 Å². The van der Waals surface area contributed by atoms with Crippen LogP contribution in [0, 0.1) is 0 Å². The lowest BCUT2D eigenvalue weighted by molar-refractivity contribution is 0.0959. The summed E-state index contributed by atoms with van der Waals surface area (Å²) >= 11 is 6.10. The van der Waals surface area contributed by atoms with Gasteiger partial charge in [0.25, 0.3) is 5.91 Å². The highest BCUT2D eigenvalue weighted by Gasteiger charge is 2.18. The van der Waals surface area contributed by atoms with Crippen molar-refractivity contribution in [2.45, 2.75) is 6.42 Å². The number of amides is 1. The zero-order valence-corrected chi connectivity index (χ0v) is 15.2. The van der Waals surface area contributed by atoms with E-state index in [1.807, 2.05) is 25.2 Å². The molecule has 1 aliphatic rings. The Morgan fingerprint density at radius 1 is 1.41 bits per heavy atom. The smallest absolute Gasteiger partial charge is 0.255 e. The molecule has 0 aliphatic heterocycles. The second kappa shape index (κ2) is 5.92. The Bertz CT molecular complexity index is 1250. The van der Waals surface area contributed by atoms with Crippen molar-refractivity contribution in [1.82, 2.24) is 30.0 Å². The number of allylic oxidation sites excluding steroid dienone is 1. The van der Waals surface area contributed by atoms with Crippen molar-refractivity contribution in [2.24, 2.45) is 7.05 Å². The van der Waals surface area contributed by atoms with E-state index in [9.17, 15) is 4.79 Å². The third-order valence-electron chi connectivity index (χ3n) is 4.65. The average Bonchev–Trinajstić information content (AvgIpc) is 3.32. The van der Waals surface area contributed by atoms with Gasteiger partial charge in [-0.05, 0) is 24.6 Å². The van der Waals surface area contributed by atoms with E-state index in [0.29, 0.717) is 39.7 Å². The molecule has 0 fully saturated rings. The first-order valence-electron chi connectivity index (χ1n) is 8.53. The molecule has 0 saturated carbocycles. The largest absolute Gasteiger partial charge is 0.348 e. The van der Waals surface area contributed by atoms with Gasteiger partial charge in [0.1, 0.15) is 16.9 Å². The van der Waals surface area contributed by atoms with Crippen molar-refractivity contribution in [2.75, 3.05) is 6.54 Å². The van der Waals surface area contributed by atoms with Crippen LogP contribution in [-0.4, -0.2) is 37.2 Å². The van der Waals surface area contributed by atoms with E-state index < -0.39 is 0 Å². The highest BCUT2D eigenvalue weighted by molar-refractivity contribution is 6.31. The van der Waals surface area contributed by atoms with E-state index in [2.05, 4.69) is 31.4 Å². The fraction of sp³-hybridized carbons (Fsp3) is 0.158. The van der Waals surface area contributed by atoms with Crippen molar-refractivity contribution in [3.8, 4) is 11.4 Å². The Hall–Kier alpha value is -3.19. The summed E-state index contributed by atoms with van der Waals surface area (Å²) in [6, 6.07) is 5.60. The fourth-order valence-corrected chi connectivity index (χ4v) is 3.27. The first-order chi connectivity index (χ1) is 13.1. The van der Waals surface area contributed by atoms with Crippen molar-refractivity contribution < 1.29 is 4.79 Å². The summed E-state index contributed by atoms with van der Waals surface area (Å²) in [5.74, 6) is -0.168. The Labute approximate surface area is 159 Å². The number of nitrogens with one attached hydrogen (secondary N) is 2. The van der Waals surface area contributed by atoms with E-state index in [1.165, 1.54) is 5.57 Å². The number of halogens is 1. The van der Waals surface area contributed by atoms with Crippen LogP contribution >= 0.6 is 11.6 Å². The number of aromatic amines is 1. The number of aromatic nitrogens is 5.